The third kappa shape index (κ3) is 4.17. The monoisotopic (exact) mass is 245 g/mol. The second-order valence-electron chi connectivity index (χ2n) is 5.46. The van der Waals surface area contributed by atoms with Gasteiger partial charge in [-0.15, -0.1) is 0 Å². The molecule has 1 N–H and O–H groups in total. The van der Waals surface area contributed by atoms with Gasteiger partial charge in [0.1, 0.15) is 0 Å². The van der Waals surface area contributed by atoms with Gasteiger partial charge in [0.25, 0.3) is 0 Å². The lowest BCUT2D eigenvalue weighted by molar-refractivity contribution is 0.387. The summed E-state index contributed by atoms with van der Waals surface area (Å²) >= 11 is 0. The van der Waals surface area contributed by atoms with Gasteiger partial charge in [0, 0.05) is 27.3 Å². The standard InChI is InChI=1S/C13H27NOS/c1-10-6-5-7-13(8-10)16(15)12(3)9-11(2)14-4/h10-14H,5-9H2,1-4H3. The van der Waals surface area contributed by atoms with E-state index in [9.17, 15) is 4.21 Å². The molecule has 0 aliphatic heterocycles. The Hall–Kier alpha value is 0.110. The summed E-state index contributed by atoms with van der Waals surface area (Å²) in [5.41, 5.74) is 0. The topological polar surface area (TPSA) is 29.1 Å². The van der Waals surface area contributed by atoms with Gasteiger partial charge in [-0.1, -0.05) is 26.7 Å². The summed E-state index contributed by atoms with van der Waals surface area (Å²) in [4.78, 5) is 0. The van der Waals surface area contributed by atoms with Crippen molar-refractivity contribution in [2.75, 3.05) is 7.05 Å². The molecule has 3 heteroatoms. The summed E-state index contributed by atoms with van der Waals surface area (Å²) in [5, 5.41) is 4.02. The molecule has 0 aromatic carbocycles. The molecular weight excluding hydrogens is 218 g/mol. The van der Waals surface area contributed by atoms with E-state index in [1.165, 1.54) is 25.7 Å². The van der Waals surface area contributed by atoms with Gasteiger partial charge in [0.2, 0.25) is 0 Å². The first-order valence-corrected chi connectivity index (χ1v) is 7.88. The SMILES string of the molecule is CNC(C)CC(C)S(=O)C1CCCC(C)C1. The maximum absolute atomic E-state index is 12.4. The Morgan fingerprint density at radius 3 is 2.62 bits per heavy atom. The van der Waals surface area contributed by atoms with Crippen LogP contribution in [-0.4, -0.2) is 27.8 Å². The summed E-state index contributed by atoms with van der Waals surface area (Å²) in [6, 6.07) is 0.472. The molecule has 1 saturated carbocycles. The van der Waals surface area contributed by atoms with Crippen molar-refractivity contribution in [2.45, 2.75) is 69.4 Å². The first kappa shape index (κ1) is 14.2. The second-order valence-corrected chi connectivity index (χ2v) is 7.59. The largest absolute Gasteiger partial charge is 0.317 e. The summed E-state index contributed by atoms with van der Waals surface area (Å²) in [6.07, 6.45) is 5.97. The lowest BCUT2D eigenvalue weighted by Gasteiger charge is -2.29. The van der Waals surface area contributed by atoms with Crippen LogP contribution in [0.25, 0.3) is 0 Å². The molecule has 0 saturated heterocycles. The van der Waals surface area contributed by atoms with Crippen molar-refractivity contribution >= 4 is 10.8 Å². The lowest BCUT2D eigenvalue weighted by atomic mass is 9.91. The number of hydrogen-bond donors (Lipinski definition) is 1. The van der Waals surface area contributed by atoms with Gasteiger partial charge in [-0.05, 0) is 39.2 Å². The highest BCUT2D eigenvalue weighted by Crippen LogP contribution is 2.29. The molecule has 0 aromatic rings. The average Bonchev–Trinajstić information content (AvgIpc) is 2.27. The zero-order chi connectivity index (χ0) is 12.1. The Morgan fingerprint density at radius 1 is 1.38 bits per heavy atom. The molecule has 16 heavy (non-hydrogen) atoms. The van der Waals surface area contributed by atoms with Crippen molar-refractivity contribution in [3.05, 3.63) is 0 Å². The lowest BCUT2D eigenvalue weighted by Crippen LogP contribution is -2.33. The quantitative estimate of drug-likeness (QED) is 0.807. The fraction of sp³-hybridized carbons (Fsp3) is 1.00. The van der Waals surface area contributed by atoms with E-state index in [4.69, 9.17) is 0 Å². The molecule has 0 radical (unpaired) electrons. The summed E-state index contributed by atoms with van der Waals surface area (Å²) in [6.45, 7) is 6.60. The smallest absolute Gasteiger partial charge is 0.0353 e. The molecule has 2 nitrogen and oxygen atoms in total. The van der Waals surface area contributed by atoms with E-state index < -0.39 is 10.8 Å². The first-order valence-electron chi connectivity index (χ1n) is 6.61. The Morgan fingerprint density at radius 2 is 2.06 bits per heavy atom. The van der Waals surface area contributed by atoms with Gasteiger partial charge in [-0.25, -0.2) is 0 Å². The van der Waals surface area contributed by atoms with Gasteiger partial charge in [-0.3, -0.25) is 4.21 Å². The van der Waals surface area contributed by atoms with E-state index in [2.05, 4.69) is 26.1 Å². The van der Waals surface area contributed by atoms with Gasteiger partial charge in [-0.2, -0.15) is 0 Å². The maximum Gasteiger partial charge on any atom is 0.0353 e. The molecule has 1 fully saturated rings. The van der Waals surface area contributed by atoms with Gasteiger partial charge >= 0.3 is 0 Å². The van der Waals surface area contributed by atoms with Gasteiger partial charge < -0.3 is 5.32 Å². The molecule has 1 aliphatic carbocycles. The zero-order valence-corrected chi connectivity index (χ0v) is 12.0. The minimum atomic E-state index is -0.634. The minimum Gasteiger partial charge on any atom is -0.317 e. The Balaban J connectivity index is 2.43. The van der Waals surface area contributed by atoms with Crippen molar-refractivity contribution in [2.24, 2.45) is 5.92 Å². The fourth-order valence-electron chi connectivity index (χ4n) is 2.63. The first-order chi connectivity index (χ1) is 7.54. The molecule has 5 unspecified atom stereocenters. The fourth-order valence-corrected chi connectivity index (χ4v) is 4.68. The van der Waals surface area contributed by atoms with Crippen LogP contribution >= 0.6 is 0 Å². The van der Waals surface area contributed by atoms with Crippen LogP contribution in [0.3, 0.4) is 0 Å². The average molecular weight is 245 g/mol. The Labute approximate surface area is 103 Å². The maximum atomic E-state index is 12.4. The van der Waals surface area contributed by atoms with Crippen LogP contribution < -0.4 is 5.32 Å². The van der Waals surface area contributed by atoms with E-state index >= 15 is 0 Å². The third-order valence-electron chi connectivity index (χ3n) is 3.79. The van der Waals surface area contributed by atoms with E-state index in [-0.39, 0.29) is 0 Å². The molecule has 1 aliphatic rings. The number of hydrogen-bond acceptors (Lipinski definition) is 2. The highest BCUT2D eigenvalue weighted by atomic mass is 32.2. The summed E-state index contributed by atoms with van der Waals surface area (Å²) in [7, 11) is 1.34. The van der Waals surface area contributed by atoms with Crippen molar-refractivity contribution in [1.82, 2.24) is 5.32 Å². The molecule has 0 amide bonds. The van der Waals surface area contributed by atoms with Crippen LogP contribution in [0.1, 0.15) is 52.9 Å². The van der Waals surface area contributed by atoms with Crippen LogP contribution in [0.4, 0.5) is 0 Å². The van der Waals surface area contributed by atoms with Gasteiger partial charge in [0.05, 0.1) is 0 Å². The van der Waals surface area contributed by atoms with Gasteiger partial charge in [0.15, 0.2) is 0 Å². The molecule has 0 aromatic heterocycles. The highest BCUT2D eigenvalue weighted by Gasteiger charge is 2.27. The summed E-state index contributed by atoms with van der Waals surface area (Å²) < 4.78 is 12.4. The van der Waals surface area contributed by atoms with Crippen LogP contribution in [0.2, 0.25) is 0 Å². The van der Waals surface area contributed by atoms with Crippen LogP contribution in [-0.2, 0) is 10.8 Å². The number of rotatable bonds is 5. The van der Waals surface area contributed by atoms with Crippen molar-refractivity contribution in [1.29, 1.82) is 0 Å². The van der Waals surface area contributed by atoms with Crippen molar-refractivity contribution < 1.29 is 4.21 Å². The molecule has 96 valence electrons. The van der Waals surface area contributed by atoms with Crippen LogP contribution in [0.5, 0.6) is 0 Å². The van der Waals surface area contributed by atoms with Crippen LogP contribution in [0.15, 0.2) is 0 Å². The predicted octanol–water partition coefficient (Wildman–Crippen LogP) is 2.70. The Kier molecular flexibility index (Phi) is 5.98. The zero-order valence-electron chi connectivity index (χ0n) is 11.2. The molecule has 0 spiro atoms. The minimum absolute atomic E-state index is 0.331. The third-order valence-corrected chi connectivity index (χ3v) is 5.86. The van der Waals surface area contributed by atoms with E-state index in [1.807, 2.05) is 7.05 Å². The Bertz CT molecular complexity index is 232. The van der Waals surface area contributed by atoms with E-state index in [1.54, 1.807) is 0 Å². The molecule has 1 rings (SSSR count). The molecule has 0 heterocycles. The van der Waals surface area contributed by atoms with Crippen LogP contribution in [0, 0.1) is 5.92 Å². The van der Waals surface area contributed by atoms with Crippen molar-refractivity contribution in [3.63, 3.8) is 0 Å². The molecular formula is C13H27NOS. The number of nitrogens with one attached hydrogen (secondary N) is 1. The summed E-state index contributed by atoms with van der Waals surface area (Å²) in [5.74, 6) is 0.775. The van der Waals surface area contributed by atoms with E-state index in [0.717, 1.165) is 12.3 Å². The predicted molar refractivity (Wildman–Crippen MR) is 72.2 cm³/mol. The highest BCUT2D eigenvalue weighted by molar-refractivity contribution is 7.86. The molecule has 0 bridgehead atoms. The van der Waals surface area contributed by atoms with Crippen molar-refractivity contribution in [3.8, 4) is 0 Å². The normalized spacial score (nSPS) is 32.0. The second kappa shape index (κ2) is 6.75. The molecule has 5 atom stereocenters. The van der Waals surface area contributed by atoms with E-state index in [0.29, 0.717) is 16.5 Å².